The van der Waals surface area contributed by atoms with E-state index in [4.69, 9.17) is 9.47 Å². The summed E-state index contributed by atoms with van der Waals surface area (Å²) >= 11 is 0. The molecule has 1 fully saturated rings. The SMILES string of the molecule is O=C(Nc1cc2c(cc1N1CCOCC1)OCCCC2)c1cnn2cccnc12. The van der Waals surface area contributed by atoms with Gasteiger partial charge in [-0.1, -0.05) is 0 Å². The molecule has 1 aromatic carbocycles. The molecule has 2 aromatic heterocycles. The lowest BCUT2D eigenvalue weighted by Crippen LogP contribution is -2.36. The summed E-state index contributed by atoms with van der Waals surface area (Å²) < 4.78 is 13.1. The van der Waals surface area contributed by atoms with Gasteiger partial charge in [-0.15, -0.1) is 0 Å². The van der Waals surface area contributed by atoms with Gasteiger partial charge in [0, 0.05) is 31.5 Å². The third-order valence-electron chi connectivity index (χ3n) is 5.40. The van der Waals surface area contributed by atoms with Gasteiger partial charge in [0.1, 0.15) is 11.3 Å². The molecule has 1 N–H and O–H groups in total. The number of anilines is 2. The van der Waals surface area contributed by atoms with Crippen LogP contribution in [0.15, 0.2) is 36.8 Å². The molecule has 0 atom stereocenters. The van der Waals surface area contributed by atoms with Crippen LogP contribution in [0.1, 0.15) is 28.8 Å². The topological polar surface area (TPSA) is 81.0 Å². The number of fused-ring (bicyclic) bond motifs is 2. The average Bonchev–Trinajstić information content (AvgIpc) is 3.06. The molecule has 0 spiro atoms. The molecule has 0 saturated carbocycles. The number of carbonyl (C=O) groups excluding carboxylic acids is 1. The number of ether oxygens (including phenoxy) is 2. The maximum absolute atomic E-state index is 13.1. The zero-order chi connectivity index (χ0) is 19.6. The van der Waals surface area contributed by atoms with Crippen molar-refractivity contribution >= 4 is 22.9 Å². The van der Waals surface area contributed by atoms with Crippen LogP contribution in [0.4, 0.5) is 11.4 Å². The van der Waals surface area contributed by atoms with Gasteiger partial charge in [0.25, 0.3) is 5.91 Å². The predicted molar refractivity (Wildman–Crippen MR) is 109 cm³/mol. The summed E-state index contributed by atoms with van der Waals surface area (Å²) in [6.07, 6.45) is 8.05. The minimum Gasteiger partial charge on any atom is -0.493 e. The molecular formula is C21H23N5O3. The molecular weight excluding hydrogens is 370 g/mol. The van der Waals surface area contributed by atoms with Crippen molar-refractivity contribution in [3.63, 3.8) is 0 Å². The van der Waals surface area contributed by atoms with E-state index in [1.54, 1.807) is 29.2 Å². The van der Waals surface area contributed by atoms with Crippen LogP contribution in [-0.4, -0.2) is 53.4 Å². The Morgan fingerprint density at radius 1 is 1.14 bits per heavy atom. The fourth-order valence-corrected chi connectivity index (χ4v) is 3.89. The lowest BCUT2D eigenvalue weighted by molar-refractivity contribution is 0.102. The van der Waals surface area contributed by atoms with E-state index in [-0.39, 0.29) is 5.91 Å². The van der Waals surface area contributed by atoms with Crippen LogP contribution in [0.3, 0.4) is 0 Å². The van der Waals surface area contributed by atoms with Crippen molar-refractivity contribution in [2.45, 2.75) is 19.3 Å². The molecule has 150 valence electrons. The monoisotopic (exact) mass is 393 g/mol. The first-order chi connectivity index (χ1) is 14.3. The highest BCUT2D eigenvalue weighted by Crippen LogP contribution is 2.36. The summed E-state index contributed by atoms with van der Waals surface area (Å²) in [5, 5.41) is 7.33. The molecule has 0 unspecified atom stereocenters. The zero-order valence-corrected chi connectivity index (χ0v) is 16.1. The van der Waals surface area contributed by atoms with Crippen LogP contribution < -0.4 is 15.0 Å². The minimum absolute atomic E-state index is 0.220. The average molecular weight is 393 g/mol. The first kappa shape index (κ1) is 17.9. The Balaban J connectivity index is 1.52. The molecule has 2 aliphatic rings. The number of nitrogens with one attached hydrogen (secondary N) is 1. The number of amides is 1. The summed E-state index contributed by atoms with van der Waals surface area (Å²) in [7, 11) is 0. The van der Waals surface area contributed by atoms with Crippen LogP contribution in [0.25, 0.3) is 5.65 Å². The Hall–Kier alpha value is -3.13. The molecule has 0 radical (unpaired) electrons. The second kappa shape index (κ2) is 7.71. The number of hydrogen-bond donors (Lipinski definition) is 1. The van der Waals surface area contributed by atoms with Gasteiger partial charge in [-0.2, -0.15) is 5.10 Å². The first-order valence-corrected chi connectivity index (χ1v) is 10.0. The fraction of sp³-hybridized carbons (Fsp3) is 0.381. The largest absolute Gasteiger partial charge is 0.493 e. The number of carbonyl (C=O) groups is 1. The van der Waals surface area contributed by atoms with Crippen molar-refractivity contribution in [1.82, 2.24) is 14.6 Å². The van der Waals surface area contributed by atoms with Crippen molar-refractivity contribution < 1.29 is 14.3 Å². The van der Waals surface area contributed by atoms with Crippen molar-refractivity contribution in [1.29, 1.82) is 0 Å². The highest BCUT2D eigenvalue weighted by Gasteiger charge is 2.22. The molecule has 0 aliphatic carbocycles. The number of aryl methyl sites for hydroxylation is 1. The van der Waals surface area contributed by atoms with E-state index in [2.05, 4.69) is 32.4 Å². The van der Waals surface area contributed by atoms with Gasteiger partial charge in [-0.25, -0.2) is 9.50 Å². The second-order valence-corrected chi connectivity index (χ2v) is 7.28. The molecule has 8 nitrogen and oxygen atoms in total. The van der Waals surface area contributed by atoms with Gasteiger partial charge < -0.3 is 19.7 Å². The third kappa shape index (κ3) is 3.51. The van der Waals surface area contributed by atoms with Gasteiger partial charge in [0.15, 0.2) is 5.65 Å². The highest BCUT2D eigenvalue weighted by molar-refractivity contribution is 6.09. The van der Waals surface area contributed by atoms with E-state index in [0.717, 1.165) is 61.6 Å². The van der Waals surface area contributed by atoms with E-state index in [1.807, 2.05) is 0 Å². The van der Waals surface area contributed by atoms with Crippen molar-refractivity contribution in [2.75, 3.05) is 43.1 Å². The Kier molecular flexibility index (Phi) is 4.77. The number of benzene rings is 1. The quantitative estimate of drug-likeness (QED) is 0.737. The van der Waals surface area contributed by atoms with E-state index < -0.39 is 0 Å². The molecule has 0 bridgehead atoms. The lowest BCUT2D eigenvalue weighted by Gasteiger charge is -2.31. The molecule has 1 amide bonds. The fourth-order valence-electron chi connectivity index (χ4n) is 3.89. The normalized spacial score (nSPS) is 16.8. The van der Waals surface area contributed by atoms with Crippen LogP contribution in [-0.2, 0) is 11.2 Å². The van der Waals surface area contributed by atoms with Crippen LogP contribution in [0.2, 0.25) is 0 Å². The number of rotatable bonds is 3. The van der Waals surface area contributed by atoms with Crippen molar-refractivity contribution in [3.8, 4) is 5.75 Å². The maximum atomic E-state index is 13.1. The Morgan fingerprint density at radius 2 is 2.03 bits per heavy atom. The van der Waals surface area contributed by atoms with Crippen molar-refractivity contribution in [2.24, 2.45) is 0 Å². The Labute approximate surface area is 168 Å². The Morgan fingerprint density at radius 3 is 2.93 bits per heavy atom. The molecule has 1 saturated heterocycles. The van der Waals surface area contributed by atoms with E-state index in [0.29, 0.717) is 24.4 Å². The van der Waals surface area contributed by atoms with Gasteiger partial charge in [-0.3, -0.25) is 4.79 Å². The van der Waals surface area contributed by atoms with Crippen LogP contribution in [0, 0.1) is 0 Å². The molecule has 3 aromatic rings. The molecule has 4 heterocycles. The standard InChI is InChI=1S/C21H23N5O3/c27-21(16-14-23-26-6-3-5-22-20(16)26)24-17-12-15-4-1-2-9-29-19(15)13-18(17)25-7-10-28-11-8-25/h3,5-6,12-14H,1-2,4,7-11H2,(H,24,27). The highest BCUT2D eigenvalue weighted by atomic mass is 16.5. The second-order valence-electron chi connectivity index (χ2n) is 7.28. The number of morpholine rings is 1. The molecule has 29 heavy (non-hydrogen) atoms. The summed E-state index contributed by atoms with van der Waals surface area (Å²) in [5.41, 5.74) is 3.87. The maximum Gasteiger partial charge on any atom is 0.261 e. The molecule has 5 rings (SSSR count). The number of hydrogen-bond acceptors (Lipinski definition) is 6. The minimum atomic E-state index is -0.220. The van der Waals surface area contributed by atoms with E-state index >= 15 is 0 Å². The third-order valence-corrected chi connectivity index (χ3v) is 5.40. The van der Waals surface area contributed by atoms with Gasteiger partial charge in [-0.05, 0) is 37.0 Å². The molecule has 8 heteroatoms. The zero-order valence-electron chi connectivity index (χ0n) is 16.1. The van der Waals surface area contributed by atoms with Gasteiger partial charge in [0.2, 0.25) is 0 Å². The van der Waals surface area contributed by atoms with Gasteiger partial charge in [0.05, 0.1) is 37.4 Å². The Bertz CT molecular complexity index is 1040. The van der Waals surface area contributed by atoms with Crippen LogP contribution >= 0.6 is 0 Å². The van der Waals surface area contributed by atoms with Crippen LogP contribution in [0.5, 0.6) is 5.75 Å². The number of aromatic nitrogens is 3. The van der Waals surface area contributed by atoms with Crippen molar-refractivity contribution in [3.05, 3.63) is 47.9 Å². The van der Waals surface area contributed by atoms with E-state index in [9.17, 15) is 4.79 Å². The molecule has 2 aliphatic heterocycles. The summed E-state index contributed by atoms with van der Waals surface area (Å²) in [6, 6.07) is 5.91. The lowest BCUT2D eigenvalue weighted by atomic mass is 10.0. The van der Waals surface area contributed by atoms with E-state index in [1.165, 1.54) is 0 Å². The summed E-state index contributed by atoms with van der Waals surface area (Å²) in [6.45, 7) is 3.63. The summed E-state index contributed by atoms with van der Waals surface area (Å²) in [5.74, 6) is 0.697. The number of nitrogens with zero attached hydrogens (tertiary/aromatic N) is 4. The van der Waals surface area contributed by atoms with Gasteiger partial charge >= 0.3 is 0 Å². The smallest absolute Gasteiger partial charge is 0.261 e. The first-order valence-electron chi connectivity index (χ1n) is 10.0. The predicted octanol–water partition coefficient (Wildman–Crippen LogP) is 2.53. The summed E-state index contributed by atoms with van der Waals surface area (Å²) in [4.78, 5) is 19.6.